The number of carbonyl (C=O) groups excluding carboxylic acids is 1. The van der Waals surface area contributed by atoms with Crippen LogP contribution in [0.4, 0.5) is 10.1 Å². The number of amides is 1. The second-order valence-electron chi connectivity index (χ2n) is 6.52. The van der Waals surface area contributed by atoms with Gasteiger partial charge in [-0.15, -0.1) is 0 Å². The fourth-order valence-corrected chi connectivity index (χ4v) is 3.39. The summed E-state index contributed by atoms with van der Waals surface area (Å²) in [4.78, 5) is 17.2. The third kappa shape index (κ3) is 3.36. The van der Waals surface area contributed by atoms with Crippen LogP contribution >= 0.6 is 11.6 Å². The molecule has 0 aliphatic rings. The van der Waals surface area contributed by atoms with Gasteiger partial charge >= 0.3 is 0 Å². The highest BCUT2D eigenvalue weighted by atomic mass is 35.5. The van der Waals surface area contributed by atoms with E-state index in [1.807, 2.05) is 49.0 Å². The highest BCUT2D eigenvalue weighted by Gasteiger charge is 2.18. The Bertz CT molecular complexity index is 1180. The fraction of sp³-hybridized carbons (Fsp3) is 0.150. The van der Waals surface area contributed by atoms with E-state index in [0.717, 1.165) is 22.7 Å². The minimum absolute atomic E-state index is 0.0542. The first-order valence-corrected chi connectivity index (χ1v) is 9.03. The van der Waals surface area contributed by atoms with Crippen LogP contribution in [0.3, 0.4) is 0 Å². The van der Waals surface area contributed by atoms with Crippen LogP contribution < -0.4 is 5.32 Å². The Morgan fingerprint density at radius 2 is 1.96 bits per heavy atom. The molecule has 4 rings (SSSR count). The predicted octanol–water partition coefficient (Wildman–Crippen LogP) is 4.27. The predicted molar refractivity (Wildman–Crippen MR) is 106 cm³/mol. The van der Waals surface area contributed by atoms with Crippen molar-refractivity contribution in [2.75, 3.05) is 5.32 Å². The van der Waals surface area contributed by atoms with Gasteiger partial charge in [-0.05, 0) is 55.8 Å². The Morgan fingerprint density at radius 3 is 2.68 bits per heavy atom. The Balaban J connectivity index is 1.71. The van der Waals surface area contributed by atoms with E-state index in [9.17, 15) is 9.18 Å². The molecule has 6 nitrogen and oxygen atoms in total. The number of halogens is 2. The summed E-state index contributed by atoms with van der Waals surface area (Å²) in [5.41, 5.74) is 2.84. The molecule has 3 aromatic heterocycles. The highest BCUT2D eigenvalue weighted by Crippen LogP contribution is 2.26. The largest absolute Gasteiger partial charge is 0.323 e. The molecule has 0 aliphatic carbocycles. The van der Waals surface area contributed by atoms with Crippen LogP contribution in [0.2, 0.25) is 5.02 Å². The number of hydrogen-bond acceptors (Lipinski definition) is 3. The molecule has 0 spiro atoms. The second kappa shape index (κ2) is 7.09. The minimum atomic E-state index is -0.465. The number of aryl methyl sites for hydroxylation is 2. The summed E-state index contributed by atoms with van der Waals surface area (Å²) in [5, 5.41) is 8.33. The first kappa shape index (κ1) is 18.2. The average Bonchev–Trinajstić information content (AvgIpc) is 3.26. The molecular weight excluding hydrogens is 381 g/mol. The number of benzene rings is 1. The maximum atomic E-state index is 13.2. The Morgan fingerprint density at radius 1 is 1.21 bits per heavy atom. The average molecular weight is 398 g/mol. The number of nitrogens with one attached hydrogen (secondary N) is 1. The van der Waals surface area contributed by atoms with E-state index < -0.39 is 5.82 Å². The van der Waals surface area contributed by atoms with Crippen molar-refractivity contribution < 1.29 is 9.18 Å². The molecular formula is C20H17ClFN5O. The molecule has 0 unspecified atom stereocenters. The Labute approximate surface area is 165 Å². The summed E-state index contributed by atoms with van der Waals surface area (Å²) in [7, 11) is 0. The summed E-state index contributed by atoms with van der Waals surface area (Å²) in [6, 6.07) is 9.62. The quantitative estimate of drug-likeness (QED) is 0.559. The van der Waals surface area contributed by atoms with Gasteiger partial charge in [0.1, 0.15) is 12.4 Å². The molecule has 8 heteroatoms. The lowest BCUT2D eigenvalue weighted by atomic mass is 10.2. The molecule has 4 aromatic rings. The zero-order valence-corrected chi connectivity index (χ0v) is 16.0. The van der Waals surface area contributed by atoms with E-state index in [2.05, 4.69) is 15.4 Å². The van der Waals surface area contributed by atoms with Crippen LogP contribution in [0.25, 0.3) is 16.9 Å². The van der Waals surface area contributed by atoms with E-state index in [-0.39, 0.29) is 17.5 Å². The van der Waals surface area contributed by atoms with Crippen LogP contribution in [0.15, 0.2) is 48.8 Å². The normalized spacial score (nSPS) is 11.1. The maximum absolute atomic E-state index is 13.2. The van der Waals surface area contributed by atoms with Crippen molar-refractivity contribution in [1.29, 1.82) is 0 Å². The van der Waals surface area contributed by atoms with Gasteiger partial charge in [-0.3, -0.25) is 4.79 Å². The molecule has 1 N–H and O–H groups in total. The highest BCUT2D eigenvalue weighted by molar-refractivity contribution is 6.33. The van der Waals surface area contributed by atoms with Crippen LogP contribution in [0, 0.1) is 19.7 Å². The molecule has 0 saturated heterocycles. The third-order valence-corrected chi connectivity index (χ3v) is 4.67. The lowest BCUT2D eigenvalue weighted by Crippen LogP contribution is -2.20. The molecule has 0 aliphatic heterocycles. The molecule has 3 heterocycles. The maximum Gasteiger partial charge on any atom is 0.246 e. The van der Waals surface area contributed by atoms with Crippen LogP contribution in [0.1, 0.15) is 11.3 Å². The number of aromatic nitrogens is 4. The van der Waals surface area contributed by atoms with Gasteiger partial charge < -0.3 is 9.88 Å². The van der Waals surface area contributed by atoms with Crippen molar-refractivity contribution in [3.8, 4) is 5.82 Å². The van der Waals surface area contributed by atoms with E-state index >= 15 is 0 Å². The number of fused-ring (bicyclic) bond motifs is 1. The van der Waals surface area contributed by atoms with Gasteiger partial charge in [0.15, 0.2) is 11.5 Å². The SMILES string of the molecule is Cc1cc(C)c2c(-n3cccc3)nn(CC(=O)Nc3ccc(F)cc3Cl)c2n1. The van der Waals surface area contributed by atoms with Gasteiger partial charge in [0.25, 0.3) is 0 Å². The zero-order valence-electron chi connectivity index (χ0n) is 15.3. The Hall–Kier alpha value is -3.19. The van der Waals surface area contributed by atoms with E-state index in [0.29, 0.717) is 17.2 Å². The third-order valence-electron chi connectivity index (χ3n) is 4.36. The van der Waals surface area contributed by atoms with Crippen LogP contribution in [-0.2, 0) is 11.3 Å². The molecule has 142 valence electrons. The number of hydrogen-bond donors (Lipinski definition) is 1. The molecule has 0 atom stereocenters. The lowest BCUT2D eigenvalue weighted by molar-refractivity contribution is -0.116. The summed E-state index contributed by atoms with van der Waals surface area (Å²) >= 11 is 5.99. The lowest BCUT2D eigenvalue weighted by Gasteiger charge is -2.08. The van der Waals surface area contributed by atoms with Gasteiger partial charge in [-0.25, -0.2) is 14.1 Å². The smallest absolute Gasteiger partial charge is 0.246 e. The number of rotatable bonds is 4. The molecule has 0 bridgehead atoms. The van der Waals surface area contributed by atoms with E-state index in [1.165, 1.54) is 12.1 Å². The molecule has 0 fully saturated rings. The molecule has 1 aromatic carbocycles. The van der Waals surface area contributed by atoms with Crippen molar-refractivity contribution in [3.05, 3.63) is 70.9 Å². The first-order chi connectivity index (χ1) is 13.4. The topological polar surface area (TPSA) is 64.7 Å². The fourth-order valence-electron chi connectivity index (χ4n) is 3.18. The van der Waals surface area contributed by atoms with Gasteiger partial charge in [0.05, 0.1) is 16.1 Å². The van der Waals surface area contributed by atoms with Crippen molar-refractivity contribution in [2.45, 2.75) is 20.4 Å². The summed E-state index contributed by atoms with van der Waals surface area (Å²) in [5.74, 6) is -0.0943. The van der Waals surface area contributed by atoms with E-state index in [4.69, 9.17) is 11.6 Å². The van der Waals surface area contributed by atoms with Gasteiger partial charge in [0, 0.05) is 18.1 Å². The van der Waals surface area contributed by atoms with Crippen molar-refractivity contribution >= 4 is 34.2 Å². The summed E-state index contributed by atoms with van der Waals surface area (Å²) in [6.07, 6.45) is 3.79. The number of carbonyl (C=O) groups is 1. The first-order valence-electron chi connectivity index (χ1n) is 8.65. The van der Waals surface area contributed by atoms with Crippen LogP contribution in [0.5, 0.6) is 0 Å². The van der Waals surface area contributed by atoms with Gasteiger partial charge in [0.2, 0.25) is 5.91 Å². The molecule has 1 amide bonds. The van der Waals surface area contributed by atoms with E-state index in [1.54, 1.807) is 4.68 Å². The molecule has 28 heavy (non-hydrogen) atoms. The van der Waals surface area contributed by atoms with Crippen molar-refractivity contribution in [2.24, 2.45) is 0 Å². The number of anilines is 1. The monoisotopic (exact) mass is 397 g/mol. The number of nitrogens with zero attached hydrogens (tertiary/aromatic N) is 4. The Kier molecular flexibility index (Phi) is 4.60. The summed E-state index contributed by atoms with van der Waals surface area (Å²) < 4.78 is 16.7. The van der Waals surface area contributed by atoms with Crippen molar-refractivity contribution in [3.63, 3.8) is 0 Å². The zero-order chi connectivity index (χ0) is 19.8. The minimum Gasteiger partial charge on any atom is -0.323 e. The standard InChI is InChI=1S/C20H17ClFN5O/c1-12-9-13(2)23-19-18(12)20(26-7-3-4-8-26)25-27(19)11-17(28)24-16-6-5-14(22)10-15(16)21/h3-10H,11H2,1-2H3,(H,24,28). The van der Waals surface area contributed by atoms with Gasteiger partial charge in [-0.2, -0.15) is 5.10 Å². The second-order valence-corrected chi connectivity index (χ2v) is 6.93. The van der Waals surface area contributed by atoms with Gasteiger partial charge in [-0.1, -0.05) is 11.6 Å². The molecule has 0 saturated carbocycles. The van der Waals surface area contributed by atoms with Crippen molar-refractivity contribution in [1.82, 2.24) is 19.3 Å². The summed E-state index contributed by atoms with van der Waals surface area (Å²) in [6.45, 7) is 3.84. The molecule has 0 radical (unpaired) electrons. The number of pyridine rings is 1. The van der Waals surface area contributed by atoms with Crippen LogP contribution in [-0.4, -0.2) is 25.2 Å².